The van der Waals surface area contributed by atoms with Crippen LogP contribution in [0, 0.1) is 25.6 Å². The maximum Gasteiger partial charge on any atom is 0.229 e. The topological polar surface area (TPSA) is 49.4 Å². The van der Waals surface area contributed by atoms with Crippen LogP contribution in [0.5, 0.6) is 0 Å². The third kappa shape index (κ3) is 3.51. The van der Waals surface area contributed by atoms with Crippen LogP contribution < -0.4 is 10.2 Å². The number of nitrogens with zero attached hydrogens (tertiary/aromatic N) is 1. The summed E-state index contributed by atoms with van der Waals surface area (Å²) in [6, 6.07) is 9.75. The van der Waals surface area contributed by atoms with Crippen LogP contribution in [0.15, 0.2) is 36.4 Å². The van der Waals surface area contributed by atoms with E-state index in [2.05, 4.69) is 5.32 Å². The van der Waals surface area contributed by atoms with Crippen LogP contribution in [0.1, 0.15) is 17.5 Å². The van der Waals surface area contributed by atoms with Gasteiger partial charge in [0.2, 0.25) is 11.8 Å². The maximum absolute atomic E-state index is 13.9. The van der Waals surface area contributed by atoms with Gasteiger partial charge in [0, 0.05) is 13.0 Å². The standard InChI is InChI=1S/C19H18ClFN2O2/c1-11-7-12(2)18(14(20)8-11)22-19(25)13-9-17(24)23(10-13)16-6-4-3-5-15(16)21/h3-8,13H,9-10H2,1-2H3,(H,22,25). The van der Waals surface area contributed by atoms with Gasteiger partial charge in [0.05, 0.1) is 22.3 Å². The molecular weight excluding hydrogens is 343 g/mol. The lowest BCUT2D eigenvalue weighted by molar-refractivity contribution is -0.122. The van der Waals surface area contributed by atoms with Crippen LogP contribution in [0.4, 0.5) is 15.8 Å². The molecule has 1 aliphatic rings. The predicted molar refractivity (Wildman–Crippen MR) is 96.4 cm³/mol. The monoisotopic (exact) mass is 360 g/mol. The van der Waals surface area contributed by atoms with Crippen molar-refractivity contribution in [2.75, 3.05) is 16.8 Å². The summed E-state index contributed by atoms with van der Waals surface area (Å²) in [6.07, 6.45) is 0.0443. The van der Waals surface area contributed by atoms with Gasteiger partial charge in [0.15, 0.2) is 0 Å². The number of hydrogen-bond acceptors (Lipinski definition) is 2. The minimum Gasteiger partial charge on any atom is -0.324 e. The highest BCUT2D eigenvalue weighted by Gasteiger charge is 2.36. The summed E-state index contributed by atoms with van der Waals surface area (Å²) >= 11 is 6.22. The van der Waals surface area contributed by atoms with Crippen LogP contribution in [0.3, 0.4) is 0 Å². The number of benzene rings is 2. The lowest BCUT2D eigenvalue weighted by Gasteiger charge is -2.18. The third-order valence-electron chi connectivity index (χ3n) is 4.32. The van der Waals surface area contributed by atoms with Crippen LogP contribution in [0.25, 0.3) is 0 Å². The molecule has 25 heavy (non-hydrogen) atoms. The van der Waals surface area contributed by atoms with E-state index in [1.54, 1.807) is 18.2 Å². The first-order chi connectivity index (χ1) is 11.9. The molecule has 0 aromatic heterocycles. The maximum atomic E-state index is 13.9. The van der Waals surface area contributed by atoms with E-state index in [0.29, 0.717) is 10.7 Å². The summed E-state index contributed by atoms with van der Waals surface area (Å²) in [4.78, 5) is 26.1. The van der Waals surface area contributed by atoms with Crippen molar-refractivity contribution in [3.05, 3.63) is 58.4 Å². The van der Waals surface area contributed by atoms with Crippen LogP contribution >= 0.6 is 11.6 Å². The summed E-state index contributed by atoms with van der Waals surface area (Å²) in [5.41, 5.74) is 2.61. The first-order valence-corrected chi connectivity index (χ1v) is 8.37. The largest absolute Gasteiger partial charge is 0.324 e. The van der Waals surface area contributed by atoms with Gasteiger partial charge in [-0.25, -0.2) is 4.39 Å². The molecule has 2 amide bonds. The van der Waals surface area contributed by atoms with Crippen molar-refractivity contribution in [2.24, 2.45) is 5.92 Å². The molecule has 1 saturated heterocycles. The molecule has 1 heterocycles. The lowest BCUT2D eigenvalue weighted by atomic mass is 10.1. The Hall–Kier alpha value is -2.40. The van der Waals surface area contributed by atoms with E-state index in [1.807, 2.05) is 19.9 Å². The second-order valence-corrected chi connectivity index (χ2v) is 6.69. The van der Waals surface area contributed by atoms with Crippen molar-refractivity contribution >= 4 is 34.8 Å². The molecule has 1 N–H and O–H groups in total. The number of amides is 2. The van der Waals surface area contributed by atoms with Crippen molar-refractivity contribution in [1.82, 2.24) is 0 Å². The molecule has 1 aliphatic heterocycles. The molecule has 2 aromatic carbocycles. The number of hydrogen-bond donors (Lipinski definition) is 1. The number of nitrogens with one attached hydrogen (secondary N) is 1. The van der Waals surface area contributed by atoms with Crippen molar-refractivity contribution in [2.45, 2.75) is 20.3 Å². The van der Waals surface area contributed by atoms with Crippen LogP contribution in [-0.4, -0.2) is 18.4 Å². The Morgan fingerprint density at radius 2 is 2.00 bits per heavy atom. The minimum atomic E-state index is -0.552. The zero-order chi connectivity index (χ0) is 18.1. The zero-order valence-corrected chi connectivity index (χ0v) is 14.7. The van der Waals surface area contributed by atoms with Crippen molar-refractivity contribution in [3.8, 4) is 0 Å². The minimum absolute atomic E-state index is 0.0443. The summed E-state index contributed by atoms with van der Waals surface area (Å²) in [5, 5.41) is 3.27. The van der Waals surface area contributed by atoms with E-state index >= 15 is 0 Å². The fourth-order valence-electron chi connectivity index (χ4n) is 3.09. The average Bonchev–Trinajstić information content (AvgIpc) is 2.93. The number of rotatable bonds is 3. The average molecular weight is 361 g/mol. The highest BCUT2D eigenvalue weighted by atomic mass is 35.5. The number of halogens is 2. The van der Waals surface area contributed by atoms with Gasteiger partial charge in [-0.3, -0.25) is 9.59 Å². The summed E-state index contributed by atoms with van der Waals surface area (Å²) in [7, 11) is 0. The van der Waals surface area contributed by atoms with Gasteiger partial charge in [0.1, 0.15) is 5.82 Å². The smallest absolute Gasteiger partial charge is 0.229 e. The Kier molecular flexibility index (Phi) is 4.77. The van der Waals surface area contributed by atoms with E-state index in [0.717, 1.165) is 11.1 Å². The molecule has 2 aromatic rings. The molecule has 4 nitrogen and oxygen atoms in total. The second-order valence-electron chi connectivity index (χ2n) is 6.28. The van der Waals surface area contributed by atoms with Gasteiger partial charge in [-0.2, -0.15) is 0 Å². The van der Waals surface area contributed by atoms with Crippen LogP contribution in [-0.2, 0) is 9.59 Å². The van der Waals surface area contributed by atoms with Gasteiger partial charge in [0.25, 0.3) is 0 Å². The third-order valence-corrected chi connectivity index (χ3v) is 4.62. The van der Waals surface area contributed by atoms with Gasteiger partial charge >= 0.3 is 0 Å². The van der Waals surface area contributed by atoms with E-state index in [9.17, 15) is 14.0 Å². The molecular formula is C19H18ClFN2O2. The number of carbonyl (C=O) groups is 2. The summed E-state index contributed by atoms with van der Waals surface area (Å²) in [6.45, 7) is 3.93. The molecule has 1 atom stereocenters. The first-order valence-electron chi connectivity index (χ1n) is 7.99. The molecule has 1 fully saturated rings. The molecule has 0 spiro atoms. The number of anilines is 2. The Morgan fingerprint density at radius 1 is 1.28 bits per heavy atom. The highest BCUT2D eigenvalue weighted by Crippen LogP contribution is 2.31. The van der Waals surface area contributed by atoms with Crippen molar-refractivity contribution in [3.63, 3.8) is 0 Å². The van der Waals surface area contributed by atoms with Crippen molar-refractivity contribution < 1.29 is 14.0 Å². The summed E-state index contributed by atoms with van der Waals surface area (Å²) < 4.78 is 13.9. The highest BCUT2D eigenvalue weighted by molar-refractivity contribution is 6.34. The van der Waals surface area contributed by atoms with E-state index < -0.39 is 11.7 Å². The summed E-state index contributed by atoms with van der Waals surface area (Å²) in [5.74, 6) is -1.59. The fraction of sp³-hybridized carbons (Fsp3) is 0.263. The fourth-order valence-corrected chi connectivity index (χ4v) is 3.45. The quantitative estimate of drug-likeness (QED) is 0.896. The van der Waals surface area contributed by atoms with Crippen molar-refractivity contribution in [1.29, 1.82) is 0 Å². The van der Waals surface area contributed by atoms with E-state index in [4.69, 9.17) is 11.6 Å². The number of para-hydroxylation sites is 1. The first kappa shape index (κ1) is 17.4. The Morgan fingerprint density at radius 3 is 2.68 bits per heavy atom. The lowest BCUT2D eigenvalue weighted by Crippen LogP contribution is -2.28. The molecule has 0 radical (unpaired) electrons. The Bertz CT molecular complexity index is 830. The molecule has 0 saturated carbocycles. The second kappa shape index (κ2) is 6.84. The Balaban J connectivity index is 1.77. The molecule has 130 valence electrons. The molecule has 0 aliphatic carbocycles. The zero-order valence-electron chi connectivity index (χ0n) is 14.0. The normalized spacial score (nSPS) is 17.0. The van der Waals surface area contributed by atoms with Gasteiger partial charge in [-0.15, -0.1) is 0 Å². The van der Waals surface area contributed by atoms with Gasteiger partial charge in [-0.05, 0) is 43.2 Å². The SMILES string of the molecule is Cc1cc(C)c(NC(=O)C2CC(=O)N(c3ccccc3F)C2)c(Cl)c1. The molecule has 0 bridgehead atoms. The number of carbonyl (C=O) groups excluding carboxylic acids is 2. The predicted octanol–water partition coefficient (Wildman–Crippen LogP) is 4.09. The van der Waals surface area contributed by atoms with Gasteiger partial charge in [-0.1, -0.05) is 29.8 Å². The number of aryl methyl sites for hydroxylation is 2. The molecule has 3 rings (SSSR count). The van der Waals surface area contributed by atoms with E-state index in [1.165, 1.54) is 17.0 Å². The Labute approximate surface area is 150 Å². The molecule has 1 unspecified atom stereocenters. The van der Waals surface area contributed by atoms with Gasteiger partial charge < -0.3 is 10.2 Å². The van der Waals surface area contributed by atoms with Crippen LogP contribution in [0.2, 0.25) is 5.02 Å². The molecule has 6 heteroatoms. The van der Waals surface area contributed by atoms with E-state index in [-0.39, 0.29) is 30.5 Å².